The molecule has 2 nitrogen and oxygen atoms in total. The Kier molecular flexibility index (Phi) is 3.09. The highest BCUT2D eigenvalue weighted by atomic mass is 16.7. The third-order valence-corrected chi connectivity index (χ3v) is 2.32. The van der Waals surface area contributed by atoms with Crippen molar-refractivity contribution in [1.29, 1.82) is 0 Å². The van der Waals surface area contributed by atoms with Gasteiger partial charge in [-0.05, 0) is 35.0 Å². The molecule has 80 valence electrons. The third-order valence-electron chi connectivity index (χ3n) is 2.32. The van der Waals surface area contributed by atoms with Gasteiger partial charge in [0.1, 0.15) is 5.75 Å². The average Bonchev–Trinajstić information content (AvgIpc) is 2.35. The summed E-state index contributed by atoms with van der Waals surface area (Å²) in [5, 5.41) is 2.22. The first-order chi connectivity index (χ1) is 7.83. The summed E-state index contributed by atoms with van der Waals surface area (Å²) in [6.07, 6.45) is 5.35. The first-order valence-corrected chi connectivity index (χ1v) is 4.95. The smallest absolute Gasteiger partial charge is 0.188 e. The Morgan fingerprint density at radius 1 is 1.12 bits per heavy atom. The molecule has 0 fully saturated rings. The van der Waals surface area contributed by atoms with E-state index in [1.807, 2.05) is 36.4 Å². The van der Waals surface area contributed by atoms with Crippen LogP contribution in [-0.4, -0.2) is 13.9 Å². The molecule has 0 aliphatic heterocycles. The SMILES string of the molecule is C#Cc1ccc2cc(OCOC)ccc2c1. The molecule has 0 saturated carbocycles. The molecule has 2 aromatic rings. The zero-order valence-corrected chi connectivity index (χ0v) is 9.07. The lowest BCUT2D eigenvalue weighted by atomic mass is 10.1. The van der Waals surface area contributed by atoms with Crippen LogP contribution in [0.3, 0.4) is 0 Å². The Bertz CT molecular complexity index is 538. The van der Waals surface area contributed by atoms with Crippen LogP contribution in [0.2, 0.25) is 0 Å². The number of terminal acetylenes is 1. The van der Waals surface area contributed by atoms with E-state index < -0.39 is 0 Å². The van der Waals surface area contributed by atoms with Crippen LogP contribution in [0.1, 0.15) is 5.56 Å². The number of rotatable bonds is 3. The monoisotopic (exact) mass is 212 g/mol. The van der Waals surface area contributed by atoms with Gasteiger partial charge in [0.15, 0.2) is 6.79 Å². The quantitative estimate of drug-likeness (QED) is 0.575. The fraction of sp³-hybridized carbons (Fsp3) is 0.143. The molecule has 0 N–H and O–H groups in total. The predicted octanol–water partition coefficient (Wildman–Crippen LogP) is 2.80. The topological polar surface area (TPSA) is 18.5 Å². The van der Waals surface area contributed by atoms with Crippen molar-refractivity contribution >= 4 is 10.8 Å². The van der Waals surface area contributed by atoms with Crippen LogP contribution in [0.5, 0.6) is 5.75 Å². The van der Waals surface area contributed by atoms with Crippen LogP contribution in [0, 0.1) is 12.3 Å². The molecular formula is C14H12O2. The first-order valence-electron chi connectivity index (χ1n) is 4.95. The summed E-state index contributed by atoms with van der Waals surface area (Å²) in [4.78, 5) is 0. The minimum absolute atomic E-state index is 0.258. The lowest BCUT2D eigenvalue weighted by molar-refractivity contribution is 0.0512. The van der Waals surface area contributed by atoms with Crippen molar-refractivity contribution in [3.8, 4) is 18.1 Å². The molecule has 0 aromatic heterocycles. The molecule has 2 rings (SSSR count). The van der Waals surface area contributed by atoms with E-state index in [9.17, 15) is 0 Å². The van der Waals surface area contributed by atoms with Gasteiger partial charge in [0.05, 0.1) is 0 Å². The molecule has 0 aliphatic carbocycles. The normalized spacial score (nSPS) is 10.0. The van der Waals surface area contributed by atoms with Gasteiger partial charge in [0, 0.05) is 12.7 Å². The number of hydrogen-bond donors (Lipinski definition) is 0. The van der Waals surface area contributed by atoms with Gasteiger partial charge in [-0.25, -0.2) is 0 Å². The molecule has 0 atom stereocenters. The maximum Gasteiger partial charge on any atom is 0.188 e. The first kappa shape index (κ1) is 10.5. The molecule has 2 aromatic carbocycles. The van der Waals surface area contributed by atoms with E-state index in [4.69, 9.17) is 15.9 Å². The number of fused-ring (bicyclic) bond motifs is 1. The largest absolute Gasteiger partial charge is 0.468 e. The van der Waals surface area contributed by atoms with Crippen LogP contribution in [0.4, 0.5) is 0 Å². The van der Waals surface area contributed by atoms with Crippen molar-refractivity contribution in [2.24, 2.45) is 0 Å². The number of ether oxygens (including phenoxy) is 2. The molecule has 16 heavy (non-hydrogen) atoms. The number of methoxy groups -OCH3 is 1. The summed E-state index contributed by atoms with van der Waals surface area (Å²) in [5.41, 5.74) is 0.887. The Morgan fingerprint density at radius 2 is 1.88 bits per heavy atom. The van der Waals surface area contributed by atoms with E-state index in [2.05, 4.69) is 5.92 Å². The zero-order chi connectivity index (χ0) is 11.4. The average molecular weight is 212 g/mol. The Labute approximate surface area is 94.8 Å². The third kappa shape index (κ3) is 2.16. The highest BCUT2D eigenvalue weighted by molar-refractivity contribution is 5.85. The second-order valence-electron chi connectivity index (χ2n) is 3.42. The van der Waals surface area contributed by atoms with E-state index >= 15 is 0 Å². The van der Waals surface area contributed by atoms with E-state index in [0.29, 0.717) is 0 Å². The standard InChI is InChI=1S/C14H12O2/c1-3-11-4-5-13-9-14(16-10-15-2)7-6-12(13)8-11/h1,4-9H,10H2,2H3. The lowest BCUT2D eigenvalue weighted by Crippen LogP contribution is -1.98. The molecule has 0 unspecified atom stereocenters. The van der Waals surface area contributed by atoms with Gasteiger partial charge in [-0.15, -0.1) is 6.42 Å². The molecular weight excluding hydrogens is 200 g/mol. The second-order valence-corrected chi connectivity index (χ2v) is 3.42. The van der Waals surface area contributed by atoms with Crippen LogP contribution >= 0.6 is 0 Å². The van der Waals surface area contributed by atoms with Crippen LogP contribution in [0.25, 0.3) is 10.8 Å². The zero-order valence-electron chi connectivity index (χ0n) is 9.07. The van der Waals surface area contributed by atoms with Gasteiger partial charge < -0.3 is 9.47 Å². The van der Waals surface area contributed by atoms with Gasteiger partial charge in [0.2, 0.25) is 0 Å². The summed E-state index contributed by atoms with van der Waals surface area (Å²) in [7, 11) is 1.60. The number of hydrogen-bond acceptors (Lipinski definition) is 2. The molecule has 0 saturated heterocycles. The van der Waals surface area contributed by atoms with Gasteiger partial charge in [-0.1, -0.05) is 18.1 Å². The van der Waals surface area contributed by atoms with Gasteiger partial charge in [0.25, 0.3) is 0 Å². The van der Waals surface area contributed by atoms with Crippen LogP contribution in [0.15, 0.2) is 36.4 Å². The van der Waals surface area contributed by atoms with Crippen molar-refractivity contribution < 1.29 is 9.47 Å². The summed E-state index contributed by atoms with van der Waals surface area (Å²) in [6.45, 7) is 0.258. The fourth-order valence-electron chi connectivity index (χ4n) is 1.53. The van der Waals surface area contributed by atoms with Gasteiger partial charge >= 0.3 is 0 Å². The van der Waals surface area contributed by atoms with E-state index in [1.54, 1.807) is 7.11 Å². The minimum atomic E-state index is 0.258. The molecule has 0 radical (unpaired) electrons. The van der Waals surface area contributed by atoms with Crippen molar-refractivity contribution in [3.63, 3.8) is 0 Å². The van der Waals surface area contributed by atoms with Gasteiger partial charge in [-0.3, -0.25) is 0 Å². The maximum absolute atomic E-state index is 5.36. The van der Waals surface area contributed by atoms with Crippen molar-refractivity contribution in [2.75, 3.05) is 13.9 Å². The van der Waals surface area contributed by atoms with Crippen LogP contribution < -0.4 is 4.74 Å². The predicted molar refractivity (Wildman–Crippen MR) is 64.4 cm³/mol. The maximum atomic E-state index is 5.36. The van der Waals surface area contributed by atoms with Gasteiger partial charge in [-0.2, -0.15) is 0 Å². The lowest BCUT2D eigenvalue weighted by Gasteiger charge is -2.06. The Hall–Kier alpha value is -1.98. The molecule has 2 heteroatoms. The molecule has 0 spiro atoms. The minimum Gasteiger partial charge on any atom is -0.468 e. The summed E-state index contributed by atoms with van der Waals surface area (Å²) in [5.74, 6) is 3.41. The number of benzene rings is 2. The van der Waals surface area contributed by atoms with E-state index in [1.165, 1.54) is 0 Å². The summed E-state index contributed by atoms with van der Waals surface area (Å²) < 4.78 is 10.2. The van der Waals surface area contributed by atoms with Crippen LogP contribution in [-0.2, 0) is 4.74 Å². The molecule has 0 aliphatic rings. The fourth-order valence-corrected chi connectivity index (χ4v) is 1.53. The van der Waals surface area contributed by atoms with E-state index in [0.717, 1.165) is 22.1 Å². The second kappa shape index (κ2) is 4.69. The highest BCUT2D eigenvalue weighted by Crippen LogP contribution is 2.21. The summed E-state index contributed by atoms with van der Waals surface area (Å²) >= 11 is 0. The van der Waals surface area contributed by atoms with Crippen molar-refractivity contribution in [3.05, 3.63) is 42.0 Å². The summed E-state index contributed by atoms with van der Waals surface area (Å²) in [6, 6.07) is 11.7. The molecule has 0 heterocycles. The Morgan fingerprint density at radius 3 is 2.62 bits per heavy atom. The molecule has 0 bridgehead atoms. The van der Waals surface area contributed by atoms with Crippen molar-refractivity contribution in [1.82, 2.24) is 0 Å². The highest BCUT2D eigenvalue weighted by Gasteiger charge is 1.98. The van der Waals surface area contributed by atoms with E-state index in [-0.39, 0.29) is 6.79 Å². The van der Waals surface area contributed by atoms with Crippen molar-refractivity contribution in [2.45, 2.75) is 0 Å². The molecule has 0 amide bonds. The Balaban J connectivity index is 2.37.